The van der Waals surface area contributed by atoms with Crippen molar-refractivity contribution < 1.29 is 9.53 Å². The SMILES string of the molecule is CN1[C@H]2CC[C@H]1CC(OC(=O)/C=C/c1ccccc1)C2. The van der Waals surface area contributed by atoms with E-state index >= 15 is 0 Å². The van der Waals surface area contributed by atoms with E-state index < -0.39 is 0 Å². The highest BCUT2D eigenvalue weighted by molar-refractivity contribution is 5.87. The molecule has 20 heavy (non-hydrogen) atoms. The summed E-state index contributed by atoms with van der Waals surface area (Å²) in [7, 11) is 2.19. The lowest BCUT2D eigenvalue weighted by Gasteiger charge is -2.35. The predicted octanol–water partition coefficient (Wildman–Crippen LogP) is 2.87. The van der Waals surface area contributed by atoms with Gasteiger partial charge in [0.2, 0.25) is 0 Å². The topological polar surface area (TPSA) is 29.5 Å². The van der Waals surface area contributed by atoms with Crippen molar-refractivity contribution in [3.8, 4) is 0 Å². The summed E-state index contributed by atoms with van der Waals surface area (Å²) in [6.07, 6.45) is 7.90. The first-order valence-electron chi connectivity index (χ1n) is 7.38. The minimum Gasteiger partial charge on any atom is -0.459 e. The third kappa shape index (κ3) is 2.93. The zero-order valence-corrected chi connectivity index (χ0v) is 11.9. The molecule has 0 saturated carbocycles. The van der Waals surface area contributed by atoms with Crippen molar-refractivity contribution in [1.29, 1.82) is 0 Å². The minimum absolute atomic E-state index is 0.0941. The maximum absolute atomic E-state index is 11.9. The van der Waals surface area contributed by atoms with Crippen LogP contribution in [-0.2, 0) is 9.53 Å². The van der Waals surface area contributed by atoms with Crippen molar-refractivity contribution in [1.82, 2.24) is 4.90 Å². The Morgan fingerprint density at radius 1 is 1.20 bits per heavy atom. The number of piperidine rings is 1. The van der Waals surface area contributed by atoms with Crippen LogP contribution in [0.5, 0.6) is 0 Å². The van der Waals surface area contributed by atoms with Gasteiger partial charge in [0.25, 0.3) is 0 Å². The quantitative estimate of drug-likeness (QED) is 0.625. The summed E-state index contributed by atoms with van der Waals surface area (Å²) in [5, 5.41) is 0. The van der Waals surface area contributed by atoms with E-state index in [9.17, 15) is 4.79 Å². The largest absolute Gasteiger partial charge is 0.459 e. The molecule has 2 heterocycles. The molecule has 3 nitrogen and oxygen atoms in total. The van der Waals surface area contributed by atoms with E-state index in [-0.39, 0.29) is 12.1 Å². The van der Waals surface area contributed by atoms with Gasteiger partial charge in [0.05, 0.1) is 0 Å². The number of benzene rings is 1. The van der Waals surface area contributed by atoms with Crippen molar-refractivity contribution in [2.45, 2.75) is 43.9 Å². The third-order valence-corrected chi connectivity index (χ3v) is 4.55. The van der Waals surface area contributed by atoms with Crippen LogP contribution in [0.15, 0.2) is 36.4 Å². The van der Waals surface area contributed by atoms with Crippen molar-refractivity contribution >= 4 is 12.0 Å². The van der Waals surface area contributed by atoms with Gasteiger partial charge < -0.3 is 9.64 Å². The molecular formula is C17H21NO2. The molecule has 0 N–H and O–H groups in total. The number of nitrogens with zero attached hydrogens (tertiary/aromatic N) is 1. The number of fused-ring (bicyclic) bond motifs is 2. The second-order valence-electron chi connectivity index (χ2n) is 5.82. The van der Waals surface area contributed by atoms with Gasteiger partial charge in [-0.05, 0) is 31.5 Å². The highest BCUT2D eigenvalue weighted by Gasteiger charge is 2.39. The fourth-order valence-electron chi connectivity index (χ4n) is 3.39. The molecule has 3 rings (SSSR count). The van der Waals surface area contributed by atoms with Crippen LogP contribution in [0.2, 0.25) is 0 Å². The molecule has 0 unspecified atom stereocenters. The zero-order chi connectivity index (χ0) is 13.9. The van der Waals surface area contributed by atoms with Crippen molar-refractivity contribution in [3.63, 3.8) is 0 Å². The van der Waals surface area contributed by atoms with Crippen LogP contribution >= 0.6 is 0 Å². The van der Waals surface area contributed by atoms with Crippen LogP contribution in [0, 0.1) is 0 Å². The Bertz CT molecular complexity index is 483. The summed E-state index contributed by atoms with van der Waals surface area (Å²) in [6, 6.07) is 11.0. The van der Waals surface area contributed by atoms with Gasteiger partial charge in [0.15, 0.2) is 0 Å². The van der Waals surface area contributed by atoms with E-state index in [1.165, 1.54) is 18.9 Å². The second-order valence-corrected chi connectivity index (χ2v) is 5.82. The fraction of sp³-hybridized carbons (Fsp3) is 0.471. The van der Waals surface area contributed by atoms with E-state index in [4.69, 9.17) is 4.74 Å². The number of esters is 1. The van der Waals surface area contributed by atoms with E-state index in [0.717, 1.165) is 18.4 Å². The molecule has 106 valence electrons. The predicted molar refractivity (Wildman–Crippen MR) is 79.2 cm³/mol. The van der Waals surface area contributed by atoms with Gasteiger partial charge in [-0.2, -0.15) is 0 Å². The van der Waals surface area contributed by atoms with Gasteiger partial charge in [-0.15, -0.1) is 0 Å². The van der Waals surface area contributed by atoms with Crippen molar-refractivity contribution in [3.05, 3.63) is 42.0 Å². The molecule has 0 amide bonds. The van der Waals surface area contributed by atoms with Gasteiger partial charge >= 0.3 is 5.97 Å². The molecule has 0 aromatic heterocycles. The Labute approximate surface area is 120 Å². The summed E-state index contributed by atoms with van der Waals surface area (Å²) in [4.78, 5) is 14.3. The molecule has 2 fully saturated rings. The zero-order valence-electron chi connectivity index (χ0n) is 11.9. The van der Waals surface area contributed by atoms with Crippen LogP contribution in [-0.4, -0.2) is 36.1 Å². The van der Waals surface area contributed by atoms with Crippen LogP contribution in [0.4, 0.5) is 0 Å². The van der Waals surface area contributed by atoms with E-state index in [1.54, 1.807) is 0 Å². The van der Waals surface area contributed by atoms with E-state index in [2.05, 4.69) is 11.9 Å². The van der Waals surface area contributed by atoms with Gasteiger partial charge in [-0.25, -0.2) is 4.79 Å². The van der Waals surface area contributed by atoms with Crippen LogP contribution in [0.3, 0.4) is 0 Å². The van der Waals surface area contributed by atoms with Crippen LogP contribution < -0.4 is 0 Å². The number of rotatable bonds is 3. The smallest absolute Gasteiger partial charge is 0.331 e. The third-order valence-electron chi connectivity index (χ3n) is 4.55. The Kier molecular flexibility index (Phi) is 3.88. The molecule has 0 aliphatic carbocycles. The Morgan fingerprint density at radius 2 is 1.85 bits per heavy atom. The van der Waals surface area contributed by atoms with Gasteiger partial charge in [0.1, 0.15) is 6.10 Å². The number of carbonyl (C=O) groups is 1. The fourth-order valence-corrected chi connectivity index (χ4v) is 3.39. The Morgan fingerprint density at radius 3 is 2.50 bits per heavy atom. The van der Waals surface area contributed by atoms with Gasteiger partial charge in [0, 0.05) is 31.0 Å². The number of hydrogen-bond donors (Lipinski definition) is 0. The molecule has 0 spiro atoms. The first kappa shape index (κ1) is 13.4. The summed E-state index contributed by atoms with van der Waals surface area (Å²) in [6.45, 7) is 0. The van der Waals surface area contributed by atoms with Gasteiger partial charge in [-0.3, -0.25) is 0 Å². The van der Waals surface area contributed by atoms with Crippen molar-refractivity contribution in [2.75, 3.05) is 7.05 Å². The van der Waals surface area contributed by atoms with E-state index in [0.29, 0.717) is 12.1 Å². The van der Waals surface area contributed by atoms with Crippen LogP contribution in [0.1, 0.15) is 31.2 Å². The first-order valence-corrected chi connectivity index (χ1v) is 7.38. The minimum atomic E-state index is -0.220. The summed E-state index contributed by atoms with van der Waals surface area (Å²) in [5.41, 5.74) is 1.02. The number of hydrogen-bond acceptors (Lipinski definition) is 3. The molecule has 1 aromatic rings. The highest BCUT2D eigenvalue weighted by Crippen LogP contribution is 2.35. The monoisotopic (exact) mass is 271 g/mol. The number of ether oxygens (including phenoxy) is 1. The van der Waals surface area contributed by atoms with Crippen molar-refractivity contribution in [2.24, 2.45) is 0 Å². The highest BCUT2D eigenvalue weighted by atomic mass is 16.5. The average molecular weight is 271 g/mol. The molecule has 0 radical (unpaired) electrons. The molecule has 2 saturated heterocycles. The molecule has 2 atom stereocenters. The molecule has 1 aromatic carbocycles. The van der Waals surface area contributed by atoms with Gasteiger partial charge in [-0.1, -0.05) is 30.3 Å². The Balaban J connectivity index is 1.54. The molecule has 2 aliphatic rings. The second kappa shape index (κ2) is 5.80. The molecule has 2 bridgehead atoms. The summed E-state index contributed by atoms with van der Waals surface area (Å²) < 4.78 is 5.59. The summed E-state index contributed by atoms with van der Waals surface area (Å²) in [5.74, 6) is -0.220. The van der Waals surface area contributed by atoms with Crippen LogP contribution in [0.25, 0.3) is 6.08 Å². The first-order chi connectivity index (χ1) is 9.72. The lowest BCUT2D eigenvalue weighted by molar-refractivity contribution is -0.146. The number of carbonyl (C=O) groups excluding carboxylic acids is 1. The lowest BCUT2D eigenvalue weighted by Crippen LogP contribution is -2.43. The average Bonchev–Trinajstić information content (AvgIpc) is 2.68. The maximum atomic E-state index is 11.9. The molecule has 3 heteroatoms. The molecular weight excluding hydrogens is 250 g/mol. The Hall–Kier alpha value is -1.61. The maximum Gasteiger partial charge on any atom is 0.331 e. The van der Waals surface area contributed by atoms with E-state index in [1.807, 2.05) is 36.4 Å². The summed E-state index contributed by atoms with van der Waals surface area (Å²) >= 11 is 0. The lowest BCUT2D eigenvalue weighted by atomic mass is 10.0. The molecule has 2 aliphatic heterocycles. The standard InChI is InChI=1S/C17H21NO2/c1-18-14-8-9-15(18)12-16(11-14)20-17(19)10-7-13-5-3-2-4-6-13/h2-7,10,14-16H,8-9,11-12H2,1H3/b10-7+/t14-,15-/m0/s1. The normalized spacial score (nSPS) is 29.8.